The minimum absolute atomic E-state index is 0.182. The van der Waals surface area contributed by atoms with Crippen LogP contribution < -0.4 is 10.3 Å². The summed E-state index contributed by atoms with van der Waals surface area (Å²) in [6.07, 6.45) is 1.11. The molecule has 8 nitrogen and oxygen atoms in total. The van der Waals surface area contributed by atoms with Gasteiger partial charge in [-0.2, -0.15) is 5.10 Å². The molecule has 1 saturated heterocycles. The first-order valence-corrected chi connectivity index (χ1v) is 9.55. The van der Waals surface area contributed by atoms with Crippen molar-refractivity contribution in [2.45, 2.75) is 25.8 Å². The summed E-state index contributed by atoms with van der Waals surface area (Å²) in [6.45, 7) is 2.58. The second kappa shape index (κ2) is 8.89. The smallest absolute Gasteiger partial charge is 0.308 e. The van der Waals surface area contributed by atoms with Gasteiger partial charge in [-0.05, 0) is 50.1 Å². The Bertz CT molecular complexity index is 930. The van der Waals surface area contributed by atoms with Gasteiger partial charge in [-0.15, -0.1) is 0 Å². The number of ether oxygens (including phenoxy) is 2. The summed E-state index contributed by atoms with van der Waals surface area (Å²) >= 11 is 0. The van der Waals surface area contributed by atoms with E-state index in [0.29, 0.717) is 31.6 Å². The molecular formula is C21H25N3O5. The average Bonchev–Trinajstić information content (AvgIpc) is 2.78. The van der Waals surface area contributed by atoms with E-state index in [1.165, 1.54) is 17.9 Å². The molecule has 0 aliphatic carbocycles. The van der Waals surface area contributed by atoms with E-state index in [-0.39, 0.29) is 23.4 Å². The molecule has 1 amide bonds. The van der Waals surface area contributed by atoms with Crippen LogP contribution in [-0.2, 0) is 14.3 Å². The van der Waals surface area contributed by atoms with E-state index in [1.807, 2.05) is 24.3 Å². The maximum absolute atomic E-state index is 12.9. The highest BCUT2D eigenvalue weighted by Gasteiger charge is 2.31. The fraction of sp³-hybridized carbons (Fsp3) is 0.429. The number of hydrogen-bond acceptors (Lipinski definition) is 6. The predicted octanol–water partition coefficient (Wildman–Crippen LogP) is 1.89. The summed E-state index contributed by atoms with van der Waals surface area (Å²) in [5, 5.41) is 4.41. The summed E-state index contributed by atoms with van der Waals surface area (Å²) in [4.78, 5) is 38.6. The van der Waals surface area contributed by atoms with E-state index >= 15 is 0 Å². The lowest BCUT2D eigenvalue weighted by Crippen LogP contribution is -2.45. The Morgan fingerprint density at radius 2 is 1.72 bits per heavy atom. The molecule has 0 radical (unpaired) electrons. The first kappa shape index (κ1) is 20.6. The largest absolute Gasteiger partial charge is 0.497 e. The molecule has 1 fully saturated rings. The Morgan fingerprint density at radius 3 is 2.31 bits per heavy atom. The van der Waals surface area contributed by atoms with Gasteiger partial charge in [0.1, 0.15) is 11.8 Å². The lowest BCUT2D eigenvalue weighted by Gasteiger charge is -2.32. The van der Waals surface area contributed by atoms with Crippen molar-refractivity contribution in [3.05, 3.63) is 46.8 Å². The highest BCUT2D eigenvalue weighted by Crippen LogP contribution is 2.22. The van der Waals surface area contributed by atoms with E-state index in [1.54, 1.807) is 25.0 Å². The van der Waals surface area contributed by atoms with Crippen LogP contribution in [0.15, 0.2) is 41.2 Å². The minimum Gasteiger partial charge on any atom is -0.497 e. The van der Waals surface area contributed by atoms with Crippen LogP contribution in [0, 0.1) is 5.92 Å². The number of carbonyl (C=O) groups is 2. The molecule has 2 aromatic rings. The molecule has 0 N–H and O–H groups in total. The van der Waals surface area contributed by atoms with E-state index in [9.17, 15) is 14.4 Å². The van der Waals surface area contributed by atoms with Crippen LogP contribution >= 0.6 is 0 Å². The van der Waals surface area contributed by atoms with Gasteiger partial charge in [0.25, 0.3) is 5.56 Å². The van der Waals surface area contributed by atoms with Crippen molar-refractivity contribution in [3.8, 4) is 17.0 Å². The maximum atomic E-state index is 12.9. The minimum atomic E-state index is -0.740. The number of aromatic nitrogens is 2. The molecule has 1 aromatic carbocycles. The fourth-order valence-electron chi connectivity index (χ4n) is 3.49. The van der Waals surface area contributed by atoms with Gasteiger partial charge in [0.15, 0.2) is 0 Å². The molecule has 1 aliphatic rings. The van der Waals surface area contributed by atoms with E-state index in [2.05, 4.69) is 5.10 Å². The molecule has 8 heteroatoms. The molecule has 1 atom stereocenters. The Labute approximate surface area is 169 Å². The number of piperidine rings is 1. The quantitative estimate of drug-likeness (QED) is 0.713. The van der Waals surface area contributed by atoms with Crippen molar-refractivity contribution >= 4 is 11.9 Å². The summed E-state index contributed by atoms with van der Waals surface area (Å²) in [5.41, 5.74) is 1.07. The van der Waals surface area contributed by atoms with Crippen molar-refractivity contribution in [3.63, 3.8) is 0 Å². The molecule has 0 bridgehead atoms. The lowest BCUT2D eigenvalue weighted by molar-refractivity contribution is -0.149. The van der Waals surface area contributed by atoms with E-state index < -0.39 is 6.04 Å². The van der Waals surface area contributed by atoms with Gasteiger partial charge in [0, 0.05) is 24.7 Å². The zero-order chi connectivity index (χ0) is 21.0. The van der Waals surface area contributed by atoms with Gasteiger partial charge in [-0.1, -0.05) is 0 Å². The first-order valence-electron chi connectivity index (χ1n) is 9.55. The summed E-state index contributed by atoms with van der Waals surface area (Å²) < 4.78 is 11.2. The van der Waals surface area contributed by atoms with Gasteiger partial charge >= 0.3 is 5.97 Å². The van der Waals surface area contributed by atoms with Gasteiger partial charge in [0.05, 0.1) is 25.8 Å². The van der Waals surface area contributed by atoms with Crippen LogP contribution in [0.25, 0.3) is 11.3 Å². The number of rotatable bonds is 5. The van der Waals surface area contributed by atoms with Crippen molar-refractivity contribution in [2.24, 2.45) is 5.92 Å². The number of benzene rings is 1. The monoisotopic (exact) mass is 399 g/mol. The van der Waals surface area contributed by atoms with Crippen LogP contribution in [0.3, 0.4) is 0 Å². The summed E-state index contributed by atoms with van der Waals surface area (Å²) in [7, 11) is 2.96. The van der Waals surface area contributed by atoms with Crippen LogP contribution in [0.1, 0.15) is 25.8 Å². The van der Waals surface area contributed by atoms with E-state index in [4.69, 9.17) is 9.47 Å². The third kappa shape index (κ3) is 4.47. The van der Waals surface area contributed by atoms with Crippen molar-refractivity contribution < 1.29 is 19.1 Å². The van der Waals surface area contributed by atoms with Crippen LogP contribution in [0.4, 0.5) is 0 Å². The number of likely N-dealkylation sites (tertiary alicyclic amines) is 1. The second-order valence-corrected chi connectivity index (χ2v) is 7.03. The lowest BCUT2D eigenvalue weighted by atomic mass is 9.96. The first-order chi connectivity index (χ1) is 13.9. The number of methoxy groups -OCH3 is 2. The number of carbonyl (C=O) groups excluding carboxylic acids is 2. The van der Waals surface area contributed by atoms with Crippen molar-refractivity contribution in [1.82, 2.24) is 14.7 Å². The summed E-state index contributed by atoms with van der Waals surface area (Å²) in [6, 6.07) is 9.63. The molecule has 0 saturated carbocycles. The highest BCUT2D eigenvalue weighted by atomic mass is 16.5. The number of nitrogens with zero attached hydrogens (tertiary/aromatic N) is 3. The van der Waals surface area contributed by atoms with Gasteiger partial charge in [0.2, 0.25) is 5.91 Å². The number of amides is 1. The van der Waals surface area contributed by atoms with Crippen LogP contribution in [0.2, 0.25) is 0 Å². The highest BCUT2D eigenvalue weighted by molar-refractivity contribution is 5.80. The van der Waals surface area contributed by atoms with Crippen LogP contribution in [-0.4, -0.2) is 53.9 Å². The zero-order valence-corrected chi connectivity index (χ0v) is 16.8. The molecule has 0 spiro atoms. The number of hydrogen-bond donors (Lipinski definition) is 0. The molecule has 3 rings (SSSR count). The molecule has 1 aliphatic heterocycles. The van der Waals surface area contributed by atoms with Crippen molar-refractivity contribution in [2.75, 3.05) is 27.3 Å². The van der Waals surface area contributed by atoms with Gasteiger partial charge in [-0.25, -0.2) is 4.68 Å². The van der Waals surface area contributed by atoms with Crippen molar-refractivity contribution in [1.29, 1.82) is 0 Å². The topological polar surface area (TPSA) is 90.7 Å². The maximum Gasteiger partial charge on any atom is 0.308 e. The third-order valence-corrected chi connectivity index (χ3v) is 5.28. The SMILES string of the molecule is COC(=O)C1CCN(C(=O)C(C)n2nc(-c3ccc(OC)cc3)ccc2=O)CC1. The standard InChI is InChI=1S/C21H25N3O5/c1-14(20(26)23-12-10-16(11-13-23)21(27)29-3)24-19(25)9-8-18(22-24)15-4-6-17(28-2)7-5-15/h4-9,14,16H,10-13H2,1-3H3. The average molecular weight is 399 g/mol. The zero-order valence-electron chi connectivity index (χ0n) is 16.8. The summed E-state index contributed by atoms with van der Waals surface area (Å²) in [5.74, 6) is 0.115. The Hall–Kier alpha value is -3.16. The van der Waals surface area contributed by atoms with Crippen LogP contribution in [0.5, 0.6) is 5.75 Å². The molecule has 29 heavy (non-hydrogen) atoms. The molecule has 1 unspecified atom stereocenters. The molecule has 154 valence electrons. The Balaban J connectivity index is 1.76. The fourth-order valence-corrected chi connectivity index (χ4v) is 3.49. The Morgan fingerprint density at radius 1 is 1.07 bits per heavy atom. The number of esters is 1. The van der Waals surface area contributed by atoms with Gasteiger partial charge < -0.3 is 14.4 Å². The third-order valence-electron chi connectivity index (χ3n) is 5.28. The predicted molar refractivity (Wildman–Crippen MR) is 107 cm³/mol. The molecule has 1 aromatic heterocycles. The molecular weight excluding hydrogens is 374 g/mol. The Kier molecular flexibility index (Phi) is 6.31. The van der Waals surface area contributed by atoms with Gasteiger partial charge in [-0.3, -0.25) is 14.4 Å². The molecule has 2 heterocycles. The normalized spacial score (nSPS) is 15.6. The second-order valence-electron chi connectivity index (χ2n) is 7.03. The van der Waals surface area contributed by atoms with E-state index in [0.717, 1.165) is 11.3 Å².